The van der Waals surface area contributed by atoms with Crippen LogP contribution >= 0.6 is 0 Å². The quantitative estimate of drug-likeness (QED) is 0.663. The number of likely N-dealkylation sites (N-methyl/N-ethyl adjacent to an activating group) is 1. The Morgan fingerprint density at radius 2 is 1.97 bits per heavy atom. The van der Waals surface area contributed by atoms with E-state index in [0.717, 1.165) is 23.2 Å². The predicted octanol–water partition coefficient (Wildman–Crippen LogP) is 3.27. The third-order valence-corrected chi connectivity index (χ3v) is 5.99. The van der Waals surface area contributed by atoms with Gasteiger partial charge in [0.1, 0.15) is 18.0 Å². The van der Waals surface area contributed by atoms with Crippen LogP contribution in [-0.4, -0.2) is 63.9 Å². The van der Waals surface area contributed by atoms with Crippen molar-refractivity contribution in [2.24, 2.45) is 0 Å². The van der Waals surface area contributed by atoms with E-state index in [1.54, 1.807) is 29.3 Å². The van der Waals surface area contributed by atoms with Gasteiger partial charge in [-0.1, -0.05) is 13.0 Å². The first kappa shape index (κ1) is 21.8. The van der Waals surface area contributed by atoms with E-state index in [1.165, 1.54) is 12.4 Å². The lowest BCUT2D eigenvalue weighted by molar-refractivity contribution is 0.0778. The van der Waals surface area contributed by atoms with E-state index in [2.05, 4.69) is 19.9 Å². The highest BCUT2D eigenvalue weighted by molar-refractivity contribution is 5.95. The van der Waals surface area contributed by atoms with E-state index in [9.17, 15) is 4.79 Å². The Balaban J connectivity index is 1.69. The Morgan fingerprint density at radius 3 is 2.59 bits per heavy atom. The fraction of sp³-hybridized carbons (Fsp3) is 0.333. The molecule has 1 amide bonds. The Kier molecular flexibility index (Phi) is 6.14. The molecule has 3 aromatic rings. The SMILES string of the molecule is CCc1ncnc(-c2ccc(C(=O)N3CCC(N(C)C)C3)c(F)c2)c1-c1ccc(N)nc1. The van der Waals surface area contributed by atoms with Gasteiger partial charge in [0, 0.05) is 42.0 Å². The number of amides is 1. The maximum absolute atomic E-state index is 15.1. The van der Waals surface area contributed by atoms with Crippen molar-refractivity contribution < 1.29 is 9.18 Å². The highest BCUT2D eigenvalue weighted by atomic mass is 19.1. The fourth-order valence-electron chi connectivity index (χ4n) is 4.12. The Hall–Kier alpha value is -3.39. The molecule has 166 valence electrons. The largest absolute Gasteiger partial charge is 0.384 e. The average molecular weight is 435 g/mol. The van der Waals surface area contributed by atoms with Crippen LogP contribution in [0.25, 0.3) is 22.4 Å². The summed E-state index contributed by atoms with van der Waals surface area (Å²) in [5, 5.41) is 0. The number of nitrogen functional groups attached to an aromatic ring is 1. The number of halogens is 1. The molecule has 2 N–H and O–H groups in total. The molecule has 32 heavy (non-hydrogen) atoms. The standard InChI is InChI=1S/C24H27FN6O/c1-4-20-22(16-6-8-21(26)27-12-16)23(29-14-28-20)15-5-7-18(19(25)11-15)24(32)31-10-9-17(13-31)30(2)3/h5-8,11-12,14,17H,4,9-10,13H2,1-3H3,(H2,26,27). The van der Waals surface area contributed by atoms with Gasteiger partial charge in [-0.3, -0.25) is 4.79 Å². The number of likely N-dealkylation sites (tertiary alicyclic amines) is 1. The summed E-state index contributed by atoms with van der Waals surface area (Å²) < 4.78 is 15.1. The zero-order valence-electron chi connectivity index (χ0n) is 18.5. The molecule has 0 saturated carbocycles. The third-order valence-electron chi connectivity index (χ3n) is 5.99. The Morgan fingerprint density at radius 1 is 1.19 bits per heavy atom. The topological polar surface area (TPSA) is 88.2 Å². The van der Waals surface area contributed by atoms with Gasteiger partial charge in [0.05, 0.1) is 17.0 Å². The van der Waals surface area contributed by atoms with Crippen molar-refractivity contribution in [3.63, 3.8) is 0 Å². The lowest BCUT2D eigenvalue weighted by Crippen LogP contribution is -2.34. The zero-order valence-corrected chi connectivity index (χ0v) is 18.5. The normalized spacial score (nSPS) is 16.0. The van der Waals surface area contributed by atoms with Gasteiger partial charge in [0.2, 0.25) is 0 Å². The van der Waals surface area contributed by atoms with E-state index in [0.29, 0.717) is 42.6 Å². The average Bonchev–Trinajstić information content (AvgIpc) is 3.29. The molecule has 0 radical (unpaired) electrons. The van der Waals surface area contributed by atoms with Crippen molar-refractivity contribution in [1.82, 2.24) is 24.8 Å². The number of hydrogen-bond acceptors (Lipinski definition) is 6. The Labute approximate surface area is 187 Å². The number of aryl methyl sites for hydroxylation is 1. The van der Waals surface area contributed by atoms with Crippen LogP contribution in [0.1, 0.15) is 29.4 Å². The first-order valence-corrected chi connectivity index (χ1v) is 10.7. The lowest BCUT2D eigenvalue weighted by atomic mass is 9.97. The third kappa shape index (κ3) is 4.18. The first-order chi connectivity index (χ1) is 15.4. The number of pyridine rings is 1. The van der Waals surface area contributed by atoms with Crippen LogP contribution < -0.4 is 5.73 Å². The lowest BCUT2D eigenvalue weighted by Gasteiger charge is -2.21. The molecular weight excluding hydrogens is 407 g/mol. The van der Waals surface area contributed by atoms with Crippen molar-refractivity contribution in [3.8, 4) is 22.4 Å². The van der Waals surface area contributed by atoms with E-state index in [4.69, 9.17) is 5.73 Å². The molecule has 1 aromatic carbocycles. The minimum atomic E-state index is -0.557. The van der Waals surface area contributed by atoms with E-state index in [1.807, 2.05) is 27.1 Å². The number of nitrogens with zero attached hydrogens (tertiary/aromatic N) is 5. The smallest absolute Gasteiger partial charge is 0.256 e. The van der Waals surface area contributed by atoms with Gasteiger partial charge < -0.3 is 15.5 Å². The number of anilines is 1. The van der Waals surface area contributed by atoms with Gasteiger partial charge in [0.25, 0.3) is 5.91 Å². The summed E-state index contributed by atoms with van der Waals surface area (Å²) in [7, 11) is 3.99. The predicted molar refractivity (Wildman–Crippen MR) is 122 cm³/mol. The van der Waals surface area contributed by atoms with Crippen molar-refractivity contribution in [3.05, 3.63) is 59.9 Å². The molecule has 1 fully saturated rings. The molecule has 7 nitrogen and oxygen atoms in total. The second-order valence-corrected chi connectivity index (χ2v) is 8.22. The summed E-state index contributed by atoms with van der Waals surface area (Å²) in [4.78, 5) is 29.8. The molecule has 8 heteroatoms. The molecule has 3 heterocycles. The van der Waals surface area contributed by atoms with Gasteiger partial charge in [-0.25, -0.2) is 19.3 Å². The van der Waals surface area contributed by atoms with Crippen LogP contribution in [0.5, 0.6) is 0 Å². The van der Waals surface area contributed by atoms with Gasteiger partial charge in [-0.05, 0) is 51.2 Å². The van der Waals surface area contributed by atoms with E-state index >= 15 is 4.39 Å². The van der Waals surface area contributed by atoms with Crippen LogP contribution in [0.4, 0.5) is 10.2 Å². The minimum absolute atomic E-state index is 0.0774. The maximum Gasteiger partial charge on any atom is 0.256 e. The number of rotatable bonds is 5. The number of carbonyl (C=O) groups is 1. The molecule has 1 saturated heterocycles. The number of hydrogen-bond donors (Lipinski definition) is 1. The van der Waals surface area contributed by atoms with Crippen molar-refractivity contribution in [2.45, 2.75) is 25.8 Å². The summed E-state index contributed by atoms with van der Waals surface area (Å²) in [6, 6.07) is 8.53. The van der Waals surface area contributed by atoms with Crippen LogP contribution in [0.3, 0.4) is 0 Å². The number of carbonyl (C=O) groups excluding carboxylic acids is 1. The minimum Gasteiger partial charge on any atom is -0.384 e. The van der Waals surface area contributed by atoms with E-state index in [-0.39, 0.29) is 11.5 Å². The summed E-state index contributed by atoms with van der Waals surface area (Å²) in [6.07, 6.45) is 4.71. The molecule has 0 spiro atoms. The molecule has 0 aliphatic carbocycles. The maximum atomic E-state index is 15.1. The summed E-state index contributed by atoms with van der Waals surface area (Å²) >= 11 is 0. The second kappa shape index (κ2) is 9.00. The van der Waals surface area contributed by atoms with Crippen molar-refractivity contribution in [1.29, 1.82) is 0 Å². The van der Waals surface area contributed by atoms with Gasteiger partial charge in [0.15, 0.2) is 0 Å². The van der Waals surface area contributed by atoms with Crippen LogP contribution in [0.15, 0.2) is 42.9 Å². The molecule has 4 rings (SSSR count). The van der Waals surface area contributed by atoms with Crippen LogP contribution in [0.2, 0.25) is 0 Å². The monoisotopic (exact) mass is 434 g/mol. The second-order valence-electron chi connectivity index (χ2n) is 8.22. The molecule has 0 bridgehead atoms. The summed E-state index contributed by atoms with van der Waals surface area (Å²) in [6.45, 7) is 3.23. The number of benzene rings is 1. The molecule has 1 unspecified atom stereocenters. The van der Waals surface area contributed by atoms with Gasteiger partial charge in [-0.2, -0.15) is 0 Å². The summed E-state index contributed by atoms with van der Waals surface area (Å²) in [5.41, 5.74) is 9.40. The zero-order chi connectivity index (χ0) is 22.8. The van der Waals surface area contributed by atoms with Gasteiger partial charge in [-0.15, -0.1) is 0 Å². The highest BCUT2D eigenvalue weighted by Crippen LogP contribution is 2.33. The molecule has 1 aliphatic rings. The first-order valence-electron chi connectivity index (χ1n) is 10.7. The van der Waals surface area contributed by atoms with Crippen LogP contribution in [-0.2, 0) is 6.42 Å². The van der Waals surface area contributed by atoms with E-state index < -0.39 is 5.82 Å². The van der Waals surface area contributed by atoms with Crippen LogP contribution in [0, 0.1) is 5.82 Å². The summed E-state index contributed by atoms with van der Waals surface area (Å²) in [5.74, 6) is -0.422. The highest BCUT2D eigenvalue weighted by Gasteiger charge is 2.29. The Bertz CT molecular complexity index is 1130. The molecule has 1 aliphatic heterocycles. The fourth-order valence-corrected chi connectivity index (χ4v) is 4.12. The van der Waals surface area contributed by atoms with Crippen molar-refractivity contribution >= 4 is 11.7 Å². The van der Waals surface area contributed by atoms with Gasteiger partial charge >= 0.3 is 0 Å². The molecule has 2 aromatic heterocycles. The number of nitrogens with two attached hydrogens (primary N) is 1. The van der Waals surface area contributed by atoms with Crippen molar-refractivity contribution in [2.75, 3.05) is 32.9 Å². The number of aromatic nitrogens is 3. The molecular formula is C24H27FN6O. The molecule has 1 atom stereocenters.